The average molecular weight is 264 g/mol. The molecule has 1 aromatic rings. The third-order valence-corrected chi connectivity index (χ3v) is 3.34. The number of hydrogen-bond acceptors (Lipinski definition) is 4. The SMILES string of the molecule is CCNc1cc(NCC(CC)CC)nc(C(C)C)n1. The molecule has 0 radical (unpaired) electrons. The van der Waals surface area contributed by atoms with Gasteiger partial charge >= 0.3 is 0 Å². The Bertz CT molecular complexity index is 372. The fourth-order valence-corrected chi connectivity index (χ4v) is 1.91. The van der Waals surface area contributed by atoms with Gasteiger partial charge in [0.15, 0.2) is 0 Å². The lowest BCUT2D eigenvalue weighted by molar-refractivity contribution is 0.518. The van der Waals surface area contributed by atoms with Gasteiger partial charge in [-0.25, -0.2) is 9.97 Å². The summed E-state index contributed by atoms with van der Waals surface area (Å²) in [5.74, 6) is 3.78. The zero-order valence-corrected chi connectivity index (χ0v) is 13.0. The molecule has 0 amide bonds. The van der Waals surface area contributed by atoms with E-state index in [4.69, 9.17) is 0 Å². The lowest BCUT2D eigenvalue weighted by Gasteiger charge is -2.16. The van der Waals surface area contributed by atoms with Crippen molar-refractivity contribution in [3.05, 3.63) is 11.9 Å². The molecule has 4 nitrogen and oxygen atoms in total. The van der Waals surface area contributed by atoms with Crippen LogP contribution >= 0.6 is 0 Å². The highest BCUT2D eigenvalue weighted by Gasteiger charge is 2.09. The summed E-state index contributed by atoms with van der Waals surface area (Å²) in [6.45, 7) is 12.6. The van der Waals surface area contributed by atoms with Gasteiger partial charge in [-0.15, -0.1) is 0 Å². The fraction of sp³-hybridized carbons (Fsp3) is 0.733. The highest BCUT2D eigenvalue weighted by Crippen LogP contribution is 2.18. The van der Waals surface area contributed by atoms with Crippen LogP contribution in [0.3, 0.4) is 0 Å². The molecule has 0 spiro atoms. The second-order valence-corrected chi connectivity index (χ2v) is 5.25. The van der Waals surface area contributed by atoms with E-state index in [-0.39, 0.29) is 0 Å². The van der Waals surface area contributed by atoms with E-state index in [0.29, 0.717) is 11.8 Å². The molecule has 19 heavy (non-hydrogen) atoms. The molecule has 0 saturated heterocycles. The molecule has 1 aromatic heterocycles. The summed E-state index contributed by atoms with van der Waals surface area (Å²) >= 11 is 0. The molecule has 1 rings (SSSR count). The predicted octanol–water partition coefficient (Wildman–Crippen LogP) is 3.88. The van der Waals surface area contributed by atoms with Crippen molar-refractivity contribution in [2.24, 2.45) is 5.92 Å². The van der Waals surface area contributed by atoms with Crippen LogP contribution in [0.5, 0.6) is 0 Å². The van der Waals surface area contributed by atoms with Crippen LogP contribution in [0.4, 0.5) is 11.6 Å². The number of nitrogens with zero attached hydrogens (tertiary/aromatic N) is 2. The van der Waals surface area contributed by atoms with Crippen molar-refractivity contribution in [2.45, 2.75) is 53.4 Å². The van der Waals surface area contributed by atoms with Crippen LogP contribution in [0.1, 0.15) is 59.2 Å². The van der Waals surface area contributed by atoms with Gasteiger partial charge in [-0.05, 0) is 12.8 Å². The minimum atomic E-state index is 0.340. The van der Waals surface area contributed by atoms with Crippen molar-refractivity contribution in [1.29, 1.82) is 0 Å². The Labute approximate surface area is 117 Å². The average Bonchev–Trinajstić information content (AvgIpc) is 2.40. The Kier molecular flexibility index (Phi) is 6.60. The van der Waals surface area contributed by atoms with E-state index >= 15 is 0 Å². The van der Waals surface area contributed by atoms with Crippen LogP contribution in [0.25, 0.3) is 0 Å². The van der Waals surface area contributed by atoms with Gasteiger partial charge in [0.05, 0.1) is 0 Å². The molecular weight excluding hydrogens is 236 g/mol. The molecule has 108 valence electrons. The molecule has 4 heteroatoms. The molecule has 0 aromatic carbocycles. The maximum absolute atomic E-state index is 4.59. The van der Waals surface area contributed by atoms with E-state index in [1.165, 1.54) is 12.8 Å². The number of rotatable bonds is 8. The molecule has 2 N–H and O–H groups in total. The minimum Gasteiger partial charge on any atom is -0.370 e. The van der Waals surface area contributed by atoms with Crippen LogP contribution < -0.4 is 10.6 Å². The quantitative estimate of drug-likeness (QED) is 0.748. The third-order valence-electron chi connectivity index (χ3n) is 3.34. The molecular formula is C15H28N4. The Balaban J connectivity index is 2.80. The molecule has 0 bridgehead atoms. The standard InChI is InChI=1S/C15H28N4/c1-6-12(7-2)10-17-14-9-13(16-8-3)18-15(19-14)11(4)5/h9,11-12H,6-8,10H2,1-5H3,(H2,16,17,18,19). The summed E-state index contributed by atoms with van der Waals surface area (Å²) in [5, 5.41) is 6.72. The molecule has 0 aliphatic heterocycles. The summed E-state index contributed by atoms with van der Waals surface area (Å²) in [5.41, 5.74) is 0. The highest BCUT2D eigenvalue weighted by atomic mass is 15.1. The van der Waals surface area contributed by atoms with Gasteiger partial charge in [0, 0.05) is 25.1 Å². The largest absolute Gasteiger partial charge is 0.370 e. The van der Waals surface area contributed by atoms with Crippen molar-refractivity contribution in [1.82, 2.24) is 9.97 Å². The zero-order chi connectivity index (χ0) is 14.3. The van der Waals surface area contributed by atoms with E-state index < -0.39 is 0 Å². The van der Waals surface area contributed by atoms with E-state index in [1.807, 2.05) is 6.07 Å². The van der Waals surface area contributed by atoms with Gasteiger partial charge in [-0.3, -0.25) is 0 Å². The summed E-state index contributed by atoms with van der Waals surface area (Å²) in [4.78, 5) is 9.12. The highest BCUT2D eigenvalue weighted by molar-refractivity contribution is 5.47. The van der Waals surface area contributed by atoms with Gasteiger partial charge < -0.3 is 10.6 Å². The van der Waals surface area contributed by atoms with E-state index in [9.17, 15) is 0 Å². The fourth-order valence-electron chi connectivity index (χ4n) is 1.91. The molecule has 0 aliphatic carbocycles. The van der Waals surface area contributed by atoms with Gasteiger partial charge in [0.1, 0.15) is 17.5 Å². The van der Waals surface area contributed by atoms with E-state index in [0.717, 1.165) is 30.5 Å². The molecule has 0 aliphatic rings. The lowest BCUT2D eigenvalue weighted by Crippen LogP contribution is -2.15. The first-order valence-electron chi connectivity index (χ1n) is 7.47. The number of anilines is 2. The monoisotopic (exact) mass is 264 g/mol. The summed E-state index contributed by atoms with van der Waals surface area (Å²) in [6.07, 6.45) is 2.40. The molecule has 0 fully saturated rings. The maximum atomic E-state index is 4.59. The first-order chi connectivity index (χ1) is 9.10. The first-order valence-corrected chi connectivity index (χ1v) is 7.47. The normalized spacial score (nSPS) is 11.1. The van der Waals surface area contributed by atoms with Crippen molar-refractivity contribution in [3.8, 4) is 0 Å². The second kappa shape index (κ2) is 7.97. The maximum Gasteiger partial charge on any atom is 0.135 e. The molecule has 0 saturated carbocycles. The Morgan fingerprint density at radius 1 is 1.00 bits per heavy atom. The summed E-state index contributed by atoms with van der Waals surface area (Å²) < 4.78 is 0. The smallest absolute Gasteiger partial charge is 0.135 e. The minimum absolute atomic E-state index is 0.340. The van der Waals surface area contributed by atoms with Crippen LogP contribution in [0, 0.1) is 5.92 Å². The predicted molar refractivity (Wildman–Crippen MR) is 82.8 cm³/mol. The van der Waals surface area contributed by atoms with Crippen molar-refractivity contribution >= 4 is 11.6 Å². The molecule has 0 unspecified atom stereocenters. The van der Waals surface area contributed by atoms with Crippen molar-refractivity contribution in [2.75, 3.05) is 23.7 Å². The van der Waals surface area contributed by atoms with Crippen LogP contribution in [0.15, 0.2) is 6.07 Å². The third kappa shape index (κ3) is 5.05. The zero-order valence-electron chi connectivity index (χ0n) is 13.0. The Morgan fingerprint density at radius 2 is 1.58 bits per heavy atom. The first kappa shape index (κ1) is 15.7. The van der Waals surface area contributed by atoms with Gasteiger partial charge in [-0.2, -0.15) is 0 Å². The van der Waals surface area contributed by atoms with Gasteiger partial charge in [0.2, 0.25) is 0 Å². The Morgan fingerprint density at radius 3 is 2.05 bits per heavy atom. The van der Waals surface area contributed by atoms with Gasteiger partial charge in [0.25, 0.3) is 0 Å². The van der Waals surface area contributed by atoms with Gasteiger partial charge in [-0.1, -0.05) is 40.5 Å². The Hall–Kier alpha value is -1.32. The number of hydrogen-bond donors (Lipinski definition) is 2. The van der Waals surface area contributed by atoms with Crippen LogP contribution in [0.2, 0.25) is 0 Å². The van der Waals surface area contributed by atoms with E-state index in [1.54, 1.807) is 0 Å². The summed E-state index contributed by atoms with van der Waals surface area (Å²) in [6, 6.07) is 2.00. The summed E-state index contributed by atoms with van der Waals surface area (Å²) in [7, 11) is 0. The topological polar surface area (TPSA) is 49.8 Å². The van der Waals surface area contributed by atoms with Crippen molar-refractivity contribution < 1.29 is 0 Å². The lowest BCUT2D eigenvalue weighted by atomic mass is 10.0. The molecule has 1 heterocycles. The molecule has 0 atom stereocenters. The second-order valence-electron chi connectivity index (χ2n) is 5.25. The van der Waals surface area contributed by atoms with Crippen LogP contribution in [-0.4, -0.2) is 23.1 Å². The van der Waals surface area contributed by atoms with E-state index in [2.05, 4.69) is 55.2 Å². The number of nitrogens with one attached hydrogen (secondary N) is 2. The number of aromatic nitrogens is 2. The van der Waals surface area contributed by atoms with Crippen LogP contribution in [-0.2, 0) is 0 Å². The van der Waals surface area contributed by atoms with Crippen molar-refractivity contribution in [3.63, 3.8) is 0 Å².